The molecule has 0 atom stereocenters. The fraction of sp³-hybridized carbons (Fsp3) is 0.286. The highest BCUT2D eigenvalue weighted by Crippen LogP contribution is 2.15. The summed E-state index contributed by atoms with van der Waals surface area (Å²) in [5, 5.41) is 10.6. The molecule has 0 amide bonds. The second-order valence-electron chi connectivity index (χ2n) is 2.44. The van der Waals surface area contributed by atoms with E-state index in [2.05, 4.69) is 4.98 Å². The standard InChI is InChI=1S/C7H8Cl2N2O/c1-11(12)4-5-2-6(8)10-7(9)3-5/h2-3,12H,4H2,1H3. The molecule has 0 saturated carbocycles. The van der Waals surface area contributed by atoms with Crippen LogP contribution in [0.15, 0.2) is 12.1 Å². The zero-order valence-corrected chi connectivity index (χ0v) is 7.97. The van der Waals surface area contributed by atoms with Gasteiger partial charge in [-0.3, -0.25) is 0 Å². The van der Waals surface area contributed by atoms with Crippen LogP contribution in [0.2, 0.25) is 10.3 Å². The summed E-state index contributed by atoms with van der Waals surface area (Å²) >= 11 is 11.3. The van der Waals surface area contributed by atoms with Crippen molar-refractivity contribution >= 4 is 23.2 Å². The quantitative estimate of drug-likeness (QED) is 0.596. The maximum absolute atomic E-state index is 8.91. The smallest absolute Gasteiger partial charge is 0.131 e. The van der Waals surface area contributed by atoms with Crippen LogP contribution >= 0.6 is 23.2 Å². The summed E-state index contributed by atoms with van der Waals surface area (Å²) < 4.78 is 0. The average molecular weight is 207 g/mol. The van der Waals surface area contributed by atoms with Crippen molar-refractivity contribution in [2.45, 2.75) is 6.54 Å². The Bertz CT molecular complexity index is 258. The van der Waals surface area contributed by atoms with Gasteiger partial charge < -0.3 is 5.21 Å². The van der Waals surface area contributed by atoms with Crippen molar-refractivity contribution in [1.82, 2.24) is 10.0 Å². The molecular weight excluding hydrogens is 199 g/mol. The SMILES string of the molecule is CN(O)Cc1cc(Cl)nc(Cl)c1. The molecule has 0 aliphatic carbocycles. The highest BCUT2D eigenvalue weighted by atomic mass is 35.5. The van der Waals surface area contributed by atoms with E-state index in [4.69, 9.17) is 28.4 Å². The van der Waals surface area contributed by atoms with Crippen LogP contribution in [-0.4, -0.2) is 22.3 Å². The van der Waals surface area contributed by atoms with E-state index in [9.17, 15) is 0 Å². The highest BCUT2D eigenvalue weighted by molar-refractivity contribution is 6.32. The van der Waals surface area contributed by atoms with Gasteiger partial charge in [0.2, 0.25) is 0 Å². The molecule has 0 aliphatic rings. The van der Waals surface area contributed by atoms with Gasteiger partial charge in [0.25, 0.3) is 0 Å². The molecule has 5 heteroatoms. The minimum absolute atomic E-state index is 0.333. The van der Waals surface area contributed by atoms with Gasteiger partial charge in [0, 0.05) is 13.6 Å². The minimum atomic E-state index is 0.333. The summed E-state index contributed by atoms with van der Waals surface area (Å²) in [5.41, 5.74) is 0.824. The first kappa shape index (κ1) is 9.74. The molecule has 0 aromatic carbocycles. The third-order valence-electron chi connectivity index (χ3n) is 1.23. The molecule has 0 unspecified atom stereocenters. The van der Waals surface area contributed by atoms with Crippen molar-refractivity contribution in [2.24, 2.45) is 0 Å². The van der Waals surface area contributed by atoms with Crippen LogP contribution in [0.4, 0.5) is 0 Å². The van der Waals surface area contributed by atoms with E-state index in [1.54, 1.807) is 19.2 Å². The topological polar surface area (TPSA) is 36.4 Å². The zero-order valence-electron chi connectivity index (χ0n) is 6.46. The van der Waals surface area contributed by atoms with Crippen LogP contribution in [0.5, 0.6) is 0 Å². The molecule has 12 heavy (non-hydrogen) atoms. The molecule has 66 valence electrons. The Morgan fingerprint density at radius 2 is 1.92 bits per heavy atom. The number of hydroxylamine groups is 2. The van der Waals surface area contributed by atoms with E-state index in [1.165, 1.54) is 0 Å². The van der Waals surface area contributed by atoms with Crippen molar-refractivity contribution in [3.63, 3.8) is 0 Å². The Balaban J connectivity index is 2.85. The van der Waals surface area contributed by atoms with E-state index < -0.39 is 0 Å². The Kier molecular flexibility index (Phi) is 3.29. The van der Waals surface area contributed by atoms with Gasteiger partial charge >= 0.3 is 0 Å². The molecule has 1 aromatic rings. The summed E-state index contributed by atoms with van der Waals surface area (Å²) in [6, 6.07) is 3.31. The largest absolute Gasteiger partial charge is 0.314 e. The van der Waals surface area contributed by atoms with Crippen molar-refractivity contribution in [2.75, 3.05) is 7.05 Å². The summed E-state index contributed by atoms with van der Waals surface area (Å²) in [7, 11) is 1.54. The summed E-state index contributed by atoms with van der Waals surface area (Å²) in [4.78, 5) is 3.77. The predicted octanol–water partition coefficient (Wildman–Crippen LogP) is 2.21. The van der Waals surface area contributed by atoms with Crippen LogP contribution < -0.4 is 0 Å². The third-order valence-corrected chi connectivity index (χ3v) is 1.62. The van der Waals surface area contributed by atoms with Crippen LogP contribution in [0, 0.1) is 0 Å². The van der Waals surface area contributed by atoms with Crippen molar-refractivity contribution in [1.29, 1.82) is 0 Å². The molecule has 0 aliphatic heterocycles. The van der Waals surface area contributed by atoms with E-state index in [-0.39, 0.29) is 0 Å². The fourth-order valence-corrected chi connectivity index (χ4v) is 1.38. The zero-order chi connectivity index (χ0) is 9.14. The lowest BCUT2D eigenvalue weighted by atomic mass is 10.3. The second-order valence-corrected chi connectivity index (χ2v) is 3.21. The van der Waals surface area contributed by atoms with Gasteiger partial charge in [-0.05, 0) is 17.7 Å². The lowest BCUT2D eigenvalue weighted by molar-refractivity contribution is -0.0731. The van der Waals surface area contributed by atoms with Gasteiger partial charge in [0.05, 0.1) is 0 Å². The van der Waals surface area contributed by atoms with Crippen molar-refractivity contribution in [3.05, 3.63) is 28.0 Å². The third kappa shape index (κ3) is 2.95. The van der Waals surface area contributed by atoms with E-state index in [0.717, 1.165) is 10.6 Å². The number of hydrogen-bond donors (Lipinski definition) is 1. The van der Waals surface area contributed by atoms with Gasteiger partial charge in [-0.15, -0.1) is 0 Å². The Morgan fingerprint density at radius 3 is 2.33 bits per heavy atom. The molecule has 0 fully saturated rings. The van der Waals surface area contributed by atoms with E-state index in [0.29, 0.717) is 16.9 Å². The summed E-state index contributed by atoms with van der Waals surface area (Å²) in [6.07, 6.45) is 0. The maximum atomic E-state index is 8.91. The van der Waals surface area contributed by atoms with Gasteiger partial charge in [-0.25, -0.2) is 4.98 Å². The normalized spacial score (nSPS) is 10.8. The molecule has 1 aromatic heterocycles. The molecule has 3 nitrogen and oxygen atoms in total. The first-order valence-corrected chi connectivity index (χ1v) is 4.05. The van der Waals surface area contributed by atoms with Gasteiger partial charge in [0.1, 0.15) is 10.3 Å². The van der Waals surface area contributed by atoms with Crippen molar-refractivity contribution < 1.29 is 5.21 Å². The molecule has 0 saturated heterocycles. The van der Waals surface area contributed by atoms with Gasteiger partial charge in [0.15, 0.2) is 0 Å². The fourth-order valence-electron chi connectivity index (χ4n) is 0.870. The molecule has 1 N–H and O–H groups in total. The monoisotopic (exact) mass is 206 g/mol. The van der Waals surface area contributed by atoms with E-state index in [1.807, 2.05) is 0 Å². The van der Waals surface area contributed by atoms with Crippen LogP contribution in [-0.2, 0) is 6.54 Å². The van der Waals surface area contributed by atoms with E-state index >= 15 is 0 Å². The number of hydrogen-bond acceptors (Lipinski definition) is 3. The Hall–Kier alpha value is -0.350. The molecule has 1 heterocycles. The number of aromatic nitrogens is 1. The van der Waals surface area contributed by atoms with Gasteiger partial charge in [-0.2, -0.15) is 5.06 Å². The van der Waals surface area contributed by atoms with Crippen LogP contribution in [0.3, 0.4) is 0 Å². The number of halogens is 2. The average Bonchev–Trinajstić information content (AvgIpc) is 1.81. The Labute approximate surface area is 80.5 Å². The van der Waals surface area contributed by atoms with Crippen LogP contribution in [0.25, 0.3) is 0 Å². The molecule has 1 rings (SSSR count). The Morgan fingerprint density at radius 1 is 1.42 bits per heavy atom. The van der Waals surface area contributed by atoms with Crippen molar-refractivity contribution in [3.8, 4) is 0 Å². The van der Waals surface area contributed by atoms with Gasteiger partial charge in [-0.1, -0.05) is 23.2 Å². The number of nitrogens with zero attached hydrogens (tertiary/aromatic N) is 2. The molecule has 0 spiro atoms. The first-order valence-electron chi connectivity index (χ1n) is 3.30. The molecule has 0 bridgehead atoms. The maximum Gasteiger partial charge on any atom is 0.131 e. The van der Waals surface area contributed by atoms with Crippen LogP contribution in [0.1, 0.15) is 5.56 Å². The minimum Gasteiger partial charge on any atom is -0.314 e. The second kappa shape index (κ2) is 4.05. The summed E-state index contributed by atoms with van der Waals surface area (Å²) in [6.45, 7) is 0.377. The first-order chi connectivity index (χ1) is 5.58. The molecule has 0 radical (unpaired) electrons. The number of rotatable bonds is 2. The number of pyridine rings is 1. The lowest BCUT2D eigenvalue weighted by Gasteiger charge is -2.07. The lowest BCUT2D eigenvalue weighted by Crippen LogP contribution is -2.11. The summed E-state index contributed by atoms with van der Waals surface area (Å²) in [5.74, 6) is 0. The predicted molar refractivity (Wildman–Crippen MR) is 47.5 cm³/mol. The highest BCUT2D eigenvalue weighted by Gasteiger charge is 2.00. The molecular formula is C7H8Cl2N2O.